The van der Waals surface area contributed by atoms with Gasteiger partial charge in [-0.25, -0.2) is 0 Å². The van der Waals surface area contributed by atoms with Crippen LogP contribution in [0, 0.1) is 0 Å². The zero-order chi connectivity index (χ0) is 53.6. The molecular formula is C76H56N2O2. The van der Waals surface area contributed by atoms with Crippen LogP contribution < -0.4 is 9.80 Å². The summed E-state index contributed by atoms with van der Waals surface area (Å²) >= 11 is 0. The lowest BCUT2D eigenvalue weighted by Gasteiger charge is -2.33. The molecule has 0 bridgehead atoms. The van der Waals surface area contributed by atoms with Gasteiger partial charge < -0.3 is 18.6 Å². The summed E-state index contributed by atoms with van der Waals surface area (Å²) in [5.74, 6) is 0.300. The minimum absolute atomic E-state index is 0.0974. The van der Waals surface area contributed by atoms with Gasteiger partial charge in [-0.3, -0.25) is 0 Å². The van der Waals surface area contributed by atoms with Gasteiger partial charge in [0.1, 0.15) is 11.2 Å². The molecule has 12 aromatic carbocycles. The van der Waals surface area contributed by atoms with Crippen molar-refractivity contribution in [3.63, 3.8) is 0 Å². The third-order valence-electron chi connectivity index (χ3n) is 17.5. The Balaban J connectivity index is 0.970. The average Bonchev–Trinajstić information content (AvgIpc) is 2.99. The highest BCUT2D eigenvalue weighted by molar-refractivity contribution is 6.17. The second kappa shape index (κ2) is 17.2. The molecule has 0 aliphatic heterocycles. The molecule has 382 valence electrons. The Morgan fingerprint density at radius 2 is 0.875 bits per heavy atom. The zero-order valence-corrected chi connectivity index (χ0v) is 45.4. The van der Waals surface area contributed by atoms with Crippen molar-refractivity contribution >= 4 is 99.5 Å². The Kier molecular flexibility index (Phi) is 9.98. The van der Waals surface area contributed by atoms with Gasteiger partial charge in [-0.2, -0.15) is 0 Å². The van der Waals surface area contributed by atoms with Gasteiger partial charge in [0, 0.05) is 49.6 Å². The molecule has 2 aromatic heterocycles. The van der Waals surface area contributed by atoms with Gasteiger partial charge in [0.2, 0.25) is 0 Å². The van der Waals surface area contributed by atoms with Crippen LogP contribution in [-0.2, 0) is 10.8 Å². The Bertz CT molecular complexity index is 4820. The highest BCUT2D eigenvalue weighted by Gasteiger charge is 2.52. The highest BCUT2D eigenvalue weighted by Crippen LogP contribution is 2.65. The molecule has 0 amide bonds. The van der Waals surface area contributed by atoms with E-state index in [1.165, 1.54) is 66.4 Å². The number of nitrogens with zero attached hydrogens (tertiary/aromatic N) is 2. The SMILES string of the molecule is CC(C)c1cccc2c1oc1c(N(c3ccccc3)c3cc4c(c5ccccc35)-c3cc5ccc(N(c6ccccc6)c6cccc7c6oc6c(C(C)(C)C)cccc67)cc5cc3C43c4ccccc4-c4ccccc43)cccc12. The molecule has 4 nitrogen and oxygen atoms in total. The summed E-state index contributed by atoms with van der Waals surface area (Å²) in [6.07, 6.45) is 0. The van der Waals surface area contributed by atoms with Crippen LogP contribution in [0.3, 0.4) is 0 Å². The monoisotopic (exact) mass is 1030 g/mol. The summed E-state index contributed by atoms with van der Waals surface area (Å²) in [6.45, 7) is 11.3. The first-order valence-electron chi connectivity index (χ1n) is 28.1. The van der Waals surface area contributed by atoms with Gasteiger partial charge in [0.15, 0.2) is 11.2 Å². The second-order valence-corrected chi connectivity index (χ2v) is 23.3. The Labute approximate surface area is 465 Å². The van der Waals surface area contributed by atoms with Crippen LogP contribution in [0.15, 0.2) is 251 Å². The molecule has 2 heterocycles. The number of rotatable bonds is 7. The molecule has 0 atom stereocenters. The van der Waals surface area contributed by atoms with E-state index in [0.29, 0.717) is 5.92 Å². The van der Waals surface area contributed by atoms with Crippen LogP contribution in [-0.4, -0.2) is 0 Å². The van der Waals surface area contributed by atoms with Gasteiger partial charge in [-0.15, -0.1) is 0 Å². The number of benzene rings is 12. The molecule has 0 fully saturated rings. The topological polar surface area (TPSA) is 32.8 Å². The van der Waals surface area contributed by atoms with E-state index >= 15 is 0 Å². The summed E-state index contributed by atoms with van der Waals surface area (Å²) < 4.78 is 14.3. The number of furan rings is 2. The molecule has 0 saturated heterocycles. The van der Waals surface area contributed by atoms with E-state index < -0.39 is 5.41 Å². The summed E-state index contributed by atoms with van der Waals surface area (Å²) in [5, 5.41) is 9.19. The summed E-state index contributed by atoms with van der Waals surface area (Å²) in [4.78, 5) is 4.84. The van der Waals surface area contributed by atoms with Crippen LogP contribution in [0.1, 0.15) is 73.9 Å². The molecule has 16 rings (SSSR count). The lowest BCUT2D eigenvalue weighted by molar-refractivity contribution is 0.573. The molecule has 0 saturated carbocycles. The van der Waals surface area contributed by atoms with E-state index in [-0.39, 0.29) is 5.41 Å². The fourth-order valence-electron chi connectivity index (χ4n) is 14.0. The van der Waals surface area contributed by atoms with Crippen LogP contribution in [0.5, 0.6) is 0 Å². The second-order valence-electron chi connectivity index (χ2n) is 23.3. The van der Waals surface area contributed by atoms with Crippen LogP contribution in [0.2, 0.25) is 0 Å². The molecule has 4 heteroatoms. The van der Waals surface area contributed by atoms with E-state index in [0.717, 1.165) is 88.8 Å². The van der Waals surface area contributed by atoms with Crippen LogP contribution in [0.4, 0.5) is 34.1 Å². The van der Waals surface area contributed by atoms with Crippen molar-refractivity contribution in [2.75, 3.05) is 9.80 Å². The van der Waals surface area contributed by atoms with Crippen molar-refractivity contribution in [1.82, 2.24) is 0 Å². The lowest BCUT2D eigenvalue weighted by atomic mass is 9.70. The van der Waals surface area contributed by atoms with Crippen molar-refractivity contribution in [3.8, 4) is 22.3 Å². The number of anilines is 6. The van der Waals surface area contributed by atoms with Crippen LogP contribution in [0.25, 0.3) is 87.7 Å². The first-order chi connectivity index (χ1) is 39.2. The number of para-hydroxylation sites is 6. The van der Waals surface area contributed by atoms with Crippen LogP contribution >= 0.6 is 0 Å². The maximum absolute atomic E-state index is 7.17. The predicted molar refractivity (Wildman–Crippen MR) is 334 cm³/mol. The zero-order valence-electron chi connectivity index (χ0n) is 45.4. The summed E-state index contributed by atoms with van der Waals surface area (Å²) in [6, 6.07) is 89.9. The molecule has 2 aliphatic carbocycles. The predicted octanol–water partition coefficient (Wildman–Crippen LogP) is 21.5. The molecule has 2 aliphatic rings. The smallest absolute Gasteiger partial charge is 0.159 e. The molecule has 0 radical (unpaired) electrons. The molecule has 0 N–H and O–H groups in total. The third kappa shape index (κ3) is 6.51. The number of fused-ring (bicyclic) bond motifs is 19. The summed E-state index contributed by atoms with van der Waals surface area (Å²) in [5.41, 5.74) is 21.7. The minimum Gasteiger partial charge on any atom is -0.454 e. The third-order valence-corrected chi connectivity index (χ3v) is 17.5. The lowest BCUT2D eigenvalue weighted by Crippen LogP contribution is -2.26. The Hall–Kier alpha value is -9.64. The van der Waals surface area contributed by atoms with E-state index in [1.807, 2.05) is 0 Å². The minimum atomic E-state index is -0.662. The van der Waals surface area contributed by atoms with Gasteiger partial charge in [-0.05, 0) is 144 Å². The fourth-order valence-corrected chi connectivity index (χ4v) is 14.0. The average molecular weight is 1030 g/mol. The fraction of sp³-hybridized carbons (Fsp3) is 0.105. The Morgan fingerprint density at radius 3 is 1.52 bits per heavy atom. The molecule has 14 aromatic rings. The standard InChI is InChI=1S/C76H56N2O2/c1-46(2)52-30-18-31-57-59-33-21-39-68(74(59)79-71(52)57)78(50-24-10-7-11-25-50)69-45-66-70(56-29-13-12-28-55(56)69)61-43-47-40-41-51(42-48(47)44-65(61)76(66)62-35-16-14-26-53(62)54-27-15-17-36-63(54)76)77(49-22-8-6-9-23-49)67-38-20-34-60-58-32-19-37-64(75(3,4)5)72(58)80-73(60)67/h6-46H,1-5H3. The number of hydrogen-bond acceptors (Lipinski definition) is 4. The summed E-state index contributed by atoms with van der Waals surface area (Å²) in [7, 11) is 0. The maximum atomic E-state index is 7.17. The van der Waals surface area contributed by atoms with Crippen molar-refractivity contribution < 1.29 is 8.83 Å². The van der Waals surface area contributed by atoms with Gasteiger partial charge in [-0.1, -0.05) is 211 Å². The van der Waals surface area contributed by atoms with E-state index in [2.05, 4.69) is 287 Å². The van der Waals surface area contributed by atoms with Crippen molar-refractivity contribution in [2.45, 2.75) is 51.4 Å². The molecule has 1 spiro atoms. The highest BCUT2D eigenvalue weighted by atomic mass is 16.3. The first kappa shape index (κ1) is 46.5. The van der Waals surface area contributed by atoms with Gasteiger partial charge in [0.05, 0.1) is 22.5 Å². The quantitative estimate of drug-likeness (QED) is 0.159. The number of hydrogen-bond donors (Lipinski definition) is 0. The van der Waals surface area contributed by atoms with Crippen molar-refractivity contribution in [1.29, 1.82) is 0 Å². The molecule has 80 heavy (non-hydrogen) atoms. The maximum Gasteiger partial charge on any atom is 0.159 e. The van der Waals surface area contributed by atoms with Crippen molar-refractivity contribution in [2.24, 2.45) is 0 Å². The Morgan fingerprint density at radius 1 is 0.350 bits per heavy atom. The first-order valence-corrected chi connectivity index (χ1v) is 28.1. The van der Waals surface area contributed by atoms with E-state index in [1.54, 1.807) is 0 Å². The normalized spacial score (nSPS) is 13.3. The van der Waals surface area contributed by atoms with Gasteiger partial charge >= 0.3 is 0 Å². The molecular weight excluding hydrogens is 973 g/mol. The van der Waals surface area contributed by atoms with Gasteiger partial charge in [0.25, 0.3) is 0 Å². The van der Waals surface area contributed by atoms with E-state index in [4.69, 9.17) is 8.83 Å². The van der Waals surface area contributed by atoms with Crippen molar-refractivity contribution in [3.05, 3.63) is 276 Å². The van der Waals surface area contributed by atoms with E-state index in [9.17, 15) is 0 Å². The largest absolute Gasteiger partial charge is 0.454 e. The molecule has 0 unspecified atom stereocenters.